The molecule has 0 bridgehead atoms. The average molecular weight is 328 g/mol. The maximum atomic E-state index is 13.2. The van der Waals surface area contributed by atoms with Crippen molar-refractivity contribution in [2.45, 2.75) is 26.4 Å². The second-order valence-electron chi connectivity index (χ2n) is 4.93. The molecule has 0 aliphatic rings. The van der Waals surface area contributed by atoms with E-state index in [-0.39, 0.29) is 5.02 Å². The fourth-order valence-electron chi connectivity index (χ4n) is 1.78. The van der Waals surface area contributed by atoms with E-state index in [0.717, 1.165) is 5.56 Å². The number of hydrogen-bond acceptors (Lipinski definition) is 2. The van der Waals surface area contributed by atoms with Crippen LogP contribution >= 0.6 is 23.2 Å². The third kappa shape index (κ3) is 4.34. The quantitative estimate of drug-likeness (QED) is 0.791. The van der Waals surface area contributed by atoms with E-state index in [1.807, 2.05) is 18.2 Å². The van der Waals surface area contributed by atoms with Gasteiger partial charge in [0.1, 0.15) is 17.3 Å². The van der Waals surface area contributed by atoms with Crippen molar-refractivity contribution in [2.24, 2.45) is 0 Å². The van der Waals surface area contributed by atoms with Crippen LogP contribution in [-0.4, -0.2) is 6.04 Å². The molecule has 0 saturated carbocycles. The SMILES string of the molecule is CC(C)NCc1c(Cl)cccc1Oc1ccc(F)c(Cl)c1. The molecule has 2 aromatic rings. The first-order chi connectivity index (χ1) is 9.97. The van der Waals surface area contributed by atoms with Gasteiger partial charge in [-0.15, -0.1) is 0 Å². The van der Waals surface area contributed by atoms with E-state index in [0.29, 0.717) is 29.1 Å². The topological polar surface area (TPSA) is 21.3 Å². The highest BCUT2D eigenvalue weighted by atomic mass is 35.5. The third-order valence-electron chi connectivity index (χ3n) is 2.88. The van der Waals surface area contributed by atoms with E-state index >= 15 is 0 Å². The molecule has 0 aliphatic heterocycles. The second kappa shape index (κ2) is 7.12. The van der Waals surface area contributed by atoms with Gasteiger partial charge in [0.05, 0.1) is 5.02 Å². The molecule has 0 aromatic heterocycles. The Morgan fingerprint density at radius 1 is 1.14 bits per heavy atom. The number of ether oxygens (including phenoxy) is 1. The van der Waals surface area contributed by atoms with E-state index < -0.39 is 5.82 Å². The minimum atomic E-state index is -0.475. The molecular weight excluding hydrogens is 312 g/mol. The van der Waals surface area contributed by atoms with Gasteiger partial charge < -0.3 is 10.1 Å². The van der Waals surface area contributed by atoms with Crippen molar-refractivity contribution in [1.29, 1.82) is 0 Å². The molecule has 0 heterocycles. The van der Waals surface area contributed by atoms with Crippen molar-refractivity contribution < 1.29 is 9.13 Å². The van der Waals surface area contributed by atoms with E-state index in [1.165, 1.54) is 18.2 Å². The Morgan fingerprint density at radius 3 is 2.57 bits per heavy atom. The highest BCUT2D eigenvalue weighted by Crippen LogP contribution is 2.32. The van der Waals surface area contributed by atoms with Crippen LogP contribution in [-0.2, 0) is 6.54 Å². The molecule has 0 amide bonds. The van der Waals surface area contributed by atoms with Crippen LogP contribution in [0.2, 0.25) is 10.0 Å². The fourth-order valence-corrected chi connectivity index (χ4v) is 2.18. The Balaban J connectivity index is 2.26. The minimum Gasteiger partial charge on any atom is -0.457 e. The van der Waals surface area contributed by atoms with Crippen LogP contribution in [0.4, 0.5) is 4.39 Å². The zero-order valence-electron chi connectivity index (χ0n) is 11.8. The first-order valence-electron chi connectivity index (χ1n) is 6.61. The fraction of sp³-hybridized carbons (Fsp3) is 0.250. The monoisotopic (exact) mass is 327 g/mol. The molecule has 21 heavy (non-hydrogen) atoms. The zero-order valence-corrected chi connectivity index (χ0v) is 13.3. The van der Waals surface area contributed by atoms with Gasteiger partial charge in [-0.2, -0.15) is 0 Å². The molecule has 112 valence electrons. The van der Waals surface area contributed by atoms with Crippen molar-refractivity contribution in [1.82, 2.24) is 5.32 Å². The molecule has 0 spiro atoms. The number of rotatable bonds is 5. The molecule has 0 radical (unpaired) electrons. The minimum absolute atomic E-state index is 0.0244. The summed E-state index contributed by atoms with van der Waals surface area (Å²) in [4.78, 5) is 0. The highest BCUT2D eigenvalue weighted by molar-refractivity contribution is 6.31. The Bertz CT molecular complexity index is 632. The van der Waals surface area contributed by atoms with Gasteiger partial charge in [-0.1, -0.05) is 43.1 Å². The first-order valence-corrected chi connectivity index (χ1v) is 7.36. The largest absolute Gasteiger partial charge is 0.457 e. The maximum absolute atomic E-state index is 13.2. The molecule has 0 aliphatic carbocycles. The Morgan fingerprint density at radius 2 is 1.90 bits per heavy atom. The molecule has 0 saturated heterocycles. The van der Waals surface area contributed by atoms with E-state index in [2.05, 4.69) is 19.2 Å². The lowest BCUT2D eigenvalue weighted by atomic mass is 10.2. The van der Waals surface area contributed by atoms with Gasteiger partial charge in [-0.25, -0.2) is 4.39 Å². The highest BCUT2D eigenvalue weighted by Gasteiger charge is 2.11. The first kappa shape index (κ1) is 16.1. The van der Waals surface area contributed by atoms with Crippen molar-refractivity contribution in [2.75, 3.05) is 0 Å². The summed E-state index contributed by atoms with van der Waals surface area (Å²) in [5.41, 5.74) is 0.855. The van der Waals surface area contributed by atoms with E-state index in [9.17, 15) is 4.39 Å². The summed E-state index contributed by atoms with van der Waals surface area (Å²) in [6.07, 6.45) is 0. The van der Waals surface area contributed by atoms with Crippen LogP contribution in [0.15, 0.2) is 36.4 Å². The summed E-state index contributed by atoms with van der Waals surface area (Å²) in [6, 6.07) is 10.0. The van der Waals surface area contributed by atoms with Crippen molar-refractivity contribution in [3.05, 3.63) is 57.8 Å². The standard InChI is InChI=1S/C16H16Cl2FNO/c1-10(2)20-9-12-13(17)4-3-5-16(12)21-11-6-7-15(19)14(18)8-11/h3-8,10,20H,9H2,1-2H3. The molecule has 1 N–H and O–H groups in total. The lowest BCUT2D eigenvalue weighted by Gasteiger charge is -2.15. The number of benzene rings is 2. The lowest BCUT2D eigenvalue weighted by molar-refractivity contribution is 0.468. The van der Waals surface area contributed by atoms with Gasteiger partial charge in [-0.3, -0.25) is 0 Å². The third-order valence-corrected chi connectivity index (χ3v) is 3.53. The normalized spacial score (nSPS) is 11.0. The molecule has 2 nitrogen and oxygen atoms in total. The Kier molecular flexibility index (Phi) is 5.45. The average Bonchev–Trinajstić information content (AvgIpc) is 2.42. The Hall–Kier alpha value is -1.29. The molecule has 5 heteroatoms. The summed E-state index contributed by atoms with van der Waals surface area (Å²) in [7, 11) is 0. The molecular formula is C16H16Cl2FNO. The van der Waals surface area contributed by atoms with Crippen LogP contribution in [0, 0.1) is 5.82 Å². The number of hydrogen-bond donors (Lipinski definition) is 1. The van der Waals surface area contributed by atoms with Crippen molar-refractivity contribution in [3.63, 3.8) is 0 Å². The molecule has 0 fully saturated rings. The van der Waals surface area contributed by atoms with Crippen LogP contribution in [0.1, 0.15) is 19.4 Å². The van der Waals surface area contributed by atoms with Gasteiger partial charge >= 0.3 is 0 Å². The van der Waals surface area contributed by atoms with Gasteiger partial charge in [0, 0.05) is 29.2 Å². The molecule has 0 atom stereocenters. The lowest BCUT2D eigenvalue weighted by Crippen LogP contribution is -2.22. The predicted octanol–water partition coefficient (Wildman–Crippen LogP) is 5.42. The van der Waals surface area contributed by atoms with Gasteiger partial charge in [-0.05, 0) is 24.3 Å². The summed E-state index contributed by atoms with van der Waals surface area (Å²) >= 11 is 12.0. The van der Waals surface area contributed by atoms with Crippen molar-refractivity contribution >= 4 is 23.2 Å². The zero-order chi connectivity index (χ0) is 15.4. The summed E-state index contributed by atoms with van der Waals surface area (Å²) in [5, 5.41) is 3.94. The molecule has 2 aromatic carbocycles. The maximum Gasteiger partial charge on any atom is 0.142 e. The number of halogens is 3. The van der Waals surface area contributed by atoms with Crippen LogP contribution < -0.4 is 10.1 Å². The summed E-state index contributed by atoms with van der Waals surface area (Å²) < 4.78 is 19.0. The van der Waals surface area contributed by atoms with Crippen LogP contribution in [0.25, 0.3) is 0 Å². The smallest absolute Gasteiger partial charge is 0.142 e. The van der Waals surface area contributed by atoms with Crippen LogP contribution in [0.5, 0.6) is 11.5 Å². The van der Waals surface area contributed by atoms with Gasteiger partial charge in [0.2, 0.25) is 0 Å². The van der Waals surface area contributed by atoms with Crippen molar-refractivity contribution in [3.8, 4) is 11.5 Å². The number of nitrogens with one attached hydrogen (secondary N) is 1. The molecule has 0 unspecified atom stereocenters. The van der Waals surface area contributed by atoms with E-state index in [1.54, 1.807) is 0 Å². The summed E-state index contributed by atoms with van der Waals surface area (Å²) in [6.45, 7) is 4.69. The van der Waals surface area contributed by atoms with Crippen LogP contribution in [0.3, 0.4) is 0 Å². The van der Waals surface area contributed by atoms with E-state index in [4.69, 9.17) is 27.9 Å². The summed E-state index contributed by atoms with van der Waals surface area (Å²) in [5.74, 6) is 0.615. The molecule has 2 rings (SSSR count). The second-order valence-corrected chi connectivity index (χ2v) is 5.74. The Labute approximate surface area is 133 Å². The van der Waals surface area contributed by atoms with Gasteiger partial charge in [0.15, 0.2) is 0 Å². The predicted molar refractivity (Wildman–Crippen MR) is 84.9 cm³/mol. The van der Waals surface area contributed by atoms with Gasteiger partial charge in [0.25, 0.3) is 0 Å².